The molecule has 2 aromatic carbocycles. The number of ether oxygens (including phenoxy) is 1. The Morgan fingerprint density at radius 3 is 2.28 bits per heavy atom. The highest BCUT2D eigenvalue weighted by atomic mass is 35.5. The van der Waals surface area contributed by atoms with Crippen LogP contribution in [0.5, 0.6) is 0 Å². The third kappa shape index (κ3) is 5.51. The van der Waals surface area contributed by atoms with E-state index in [2.05, 4.69) is 4.90 Å². The van der Waals surface area contributed by atoms with Crippen molar-refractivity contribution in [1.29, 1.82) is 0 Å². The number of hydrogen-bond acceptors (Lipinski definition) is 4. The van der Waals surface area contributed by atoms with E-state index < -0.39 is 0 Å². The van der Waals surface area contributed by atoms with Crippen molar-refractivity contribution < 1.29 is 14.3 Å². The molecule has 2 saturated heterocycles. The highest BCUT2D eigenvalue weighted by molar-refractivity contribution is 6.42. The fourth-order valence-corrected chi connectivity index (χ4v) is 6.46. The van der Waals surface area contributed by atoms with Gasteiger partial charge in [0.25, 0.3) is 0 Å². The SMILES string of the molecule is O=C(OCc1ccccc1)N1CCN(C(=O)Cc2ccc(Cl)c(Cl)c2)C2C(N3CCCC3)CCCC21. The van der Waals surface area contributed by atoms with Crippen LogP contribution in [0.1, 0.15) is 43.2 Å². The van der Waals surface area contributed by atoms with Gasteiger partial charge in [-0.15, -0.1) is 0 Å². The van der Waals surface area contributed by atoms with Gasteiger partial charge in [-0.1, -0.05) is 59.6 Å². The molecule has 2 aliphatic heterocycles. The third-order valence-electron chi connectivity index (χ3n) is 7.84. The van der Waals surface area contributed by atoms with Crippen LogP contribution in [0.4, 0.5) is 4.79 Å². The van der Waals surface area contributed by atoms with Gasteiger partial charge in [-0.2, -0.15) is 0 Å². The topological polar surface area (TPSA) is 53.1 Å². The fourth-order valence-electron chi connectivity index (χ4n) is 6.14. The molecule has 1 aliphatic carbocycles. The van der Waals surface area contributed by atoms with Crippen LogP contribution in [0, 0.1) is 0 Å². The number of nitrogens with zero attached hydrogens (tertiary/aromatic N) is 3. The van der Waals surface area contributed by atoms with Crippen LogP contribution in [0.3, 0.4) is 0 Å². The van der Waals surface area contributed by atoms with Crippen molar-refractivity contribution >= 4 is 35.2 Å². The molecule has 3 unspecified atom stereocenters. The van der Waals surface area contributed by atoms with Crippen LogP contribution in [-0.2, 0) is 22.6 Å². The van der Waals surface area contributed by atoms with Crippen molar-refractivity contribution in [3.63, 3.8) is 0 Å². The van der Waals surface area contributed by atoms with Crippen LogP contribution in [-0.4, -0.2) is 71.0 Å². The normalized spacial score (nSPS) is 24.4. The number of piperazine rings is 1. The number of hydrogen-bond donors (Lipinski definition) is 0. The minimum Gasteiger partial charge on any atom is -0.445 e. The molecule has 0 spiro atoms. The van der Waals surface area contributed by atoms with Gasteiger partial charge in [-0.3, -0.25) is 9.69 Å². The van der Waals surface area contributed by atoms with Crippen LogP contribution >= 0.6 is 23.2 Å². The highest BCUT2D eigenvalue weighted by Gasteiger charge is 2.48. The van der Waals surface area contributed by atoms with E-state index in [4.69, 9.17) is 27.9 Å². The molecule has 1 saturated carbocycles. The van der Waals surface area contributed by atoms with Crippen LogP contribution in [0.15, 0.2) is 48.5 Å². The average Bonchev–Trinajstić information content (AvgIpc) is 3.44. The van der Waals surface area contributed by atoms with Crippen molar-refractivity contribution in [2.75, 3.05) is 26.2 Å². The van der Waals surface area contributed by atoms with E-state index in [1.165, 1.54) is 12.8 Å². The van der Waals surface area contributed by atoms with Gasteiger partial charge >= 0.3 is 6.09 Å². The minimum absolute atomic E-state index is 0.0369. The monoisotopic (exact) mass is 529 g/mol. The molecule has 36 heavy (non-hydrogen) atoms. The smallest absolute Gasteiger partial charge is 0.410 e. The van der Waals surface area contributed by atoms with Gasteiger partial charge in [0.2, 0.25) is 5.91 Å². The zero-order chi connectivity index (χ0) is 25.1. The Kier molecular flexibility index (Phi) is 8.04. The molecule has 2 amide bonds. The predicted molar refractivity (Wildman–Crippen MR) is 141 cm³/mol. The summed E-state index contributed by atoms with van der Waals surface area (Å²) in [6.07, 6.45) is 5.33. The molecule has 192 valence electrons. The highest BCUT2D eigenvalue weighted by Crippen LogP contribution is 2.36. The summed E-state index contributed by atoms with van der Waals surface area (Å²) in [4.78, 5) is 33.4. The lowest BCUT2D eigenvalue weighted by atomic mass is 9.81. The first kappa shape index (κ1) is 25.4. The lowest BCUT2D eigenvalue weighted by Gasteiger charge is -2.54. The summed E-state index contributed by atoms with van der Waals surface area (Å²) in [5.74, 6) is 0.0757. The van der Waals surface area contributed by atoms with Crippen molar-refractivity contribution in [3.8, 4) is 0 Å². The summed E-state index contributed by atoms with van der Waals surface area (Å²) in [7, 11) is 0. The quantitative estimate of drug-likeness (QED) is 0.520. The van der Waals surface area contributed by atoms with Gasteiger partial charge in [0.15, 0.2) is 0 Å². The Morgan fingerprint density at radius 2 is 1.53 bits per heavy atom. The van der Waals surface area contributed by atoms with E-state index in [0.29, 0.717) is 23.1 Å². The van der Waals surface area contributed by atoms with Crippen molar-refractivity contribution in [3.05, 3.63) is 69.7 Å². The molecule has 8 heteroatoms. The standard InChI is InChI=1S/C28H33Cl2N3O3/c29-22-12-11-21(17-23(22)30)18-26(34)33-16-15-32(28(35)36-19-20-7-2-1-3-8-20)25-10-6-9-24(27(25)33)31-13-4-5-14-31/h1-3,7-8,11-12,17,24-25,27H,4-6,9-10,13-16,18-19H2. The van der Waals surface area contributed by atoms with Crippen LogP contribution in [0.2, 0.25) is 10.0 Å². The molecule has 2 aromatic rings. The van der Waals surface area contributed by atoms with Gasteiger partial charge in [-0.25, -0.2) is 4.79 Å². The average molecular weight is 530 g/mol. The molecular formula is C28H33Cl2N3O3. The lowest BCUT2D eigenvalue weighted by molar-refractivity contribution is -0.142. The lowest BCUT2D eigenvalue weighted by Crippen LogP contribution is -2.69. The molecule has 3 aliphatic rings. The van der Waals surface area contributed by atoms with E-state index in [9.17, 15) is 9.59 Å². The summed E-state index contributed by atoms with van der Waals surface area (Å²) in [6.45, 7) is 3.35. The zero-order valence-electron chi connectivity index (χ0n) is 20.5. The second-order valence-electron chi connectivity index (χ2n) is 10.0. The number of benzene rings is 2. The molecular weight excluding hydrogens is 497 g/mol. The molecule has 3 atom stereocenters. The Hall–Kier alpha value is -2.28. The molecule has 6 nitrogen and oxygen atoms in total. The maximum absolute atomic E-state index is 13.7. The number of amides is 2. The van der Waals surface area contributed by atoms with Crippen molar-refractivity contribution in [2.45, 2.75) is 63.3 Å². The number of likely N-dealkylation sites (tertiary alicyclic amines) is 1. The molecule has 3 fully saturated rings. The minimum atomic E-state index is -0.285. The van der Waals surface area contributed by atoms with E-state index >= 15 is 0 Å². The Morgan fingerprint density at radius 1 is 0.806 bits per heavy atom. The van der Waals surface area contributed by atoms with Gasteiger partial charge < -0.3 is 14.5 Å². The second kappa shape index (κ2) is 11.4. The number of carbonyl (C=O) groups is 2. The molecule has 0 aromatic heterocycles. The molecule has 0 radical (unpaired) electrons. The summed E-state index contributed by atoms with van der Waals surface area (Å²) in [5, 5.41) is 0.940. The van der Waals surface area contributed by atoms with E-state index in [1.807, 2.05) is 46.2 Å². The third-order valence-corrected chi connectivity index (χ3v) is 8.58. The first-order chi connectivity index (χ1) is 17.5. The van der Waals surface area contributed by atoms with E-state index in [0.717, 1.165) is 43.5 Å². The van der Waals surface area contributed by atoms with Gasteiger partial charge in [0.1, 0.15) is 6.61 Å². The molecule has 5 rings (SSSR count). The maximum Gasteiger partial charge on any atom is 0.410 e. The number of halogens is 2. The van der Waals surface area contributed by atoms with Gasteiger partial charge in [-0.05, 0) is 68.5 Å². The maximum atomic E-state index is 13.7. The molecule has 0 N–H and O–H groups in total. The Labute approximate surface area is 223 Å². The van der Waals surface area contributed by atoms with Crippen LogP contribution < -0.4 is 0 Å². The Balaban J connectivity index is 1.35. The number of fused-ring (bicyclic) bond motifs is 1. The first-order valence-electron chi connectivity index (χ1n) is 13.0. The largest absolute Gasteiger partial charge is 0.445 e. The zero-order valence-corrected chi connectivity index (χ0v) is 22.0. The predicted octanol–water partition coefficient (Wildman–Crippen LogP) is 5.40. The number of rotatable bonds is 5. The summed E-state index contributed by atoms with van der Waals surface area (Å²) >= 11 is 12.3. The van der Waals surface area contributed by atoms with E-state index in [1.54, 1.807) is 12.1 Å². The van der Waals surface area contributed by atoms with E-state index in [-0.39, 0.29) is 43.2 Å². The van der Waals surface area contributed by atoms with Gasteiger partial charge in [0.05, 0.1) is 28.5 Å². The molecule has 2 heterocycles. The first-order valence-corrected chi connectivity index (χ1v) is 13.7. The fraction of sp³-hybridized carbons (Fsp3) is 0.500. The summed E-state index contributed by atoms with van der Waals surface area (Å²) < 4.78 is 5.74. The second-order valence-corrected chi connectivity index (χ2v) is 10.9. The van der Waals surface area contributed by atoms with Crippen molar-refractivity contribution in [1.82, 2.24) is 14.7 Å². The van der Waals surface area contributed by atoms with Crippen molar-refractivity contribution in [2.24, 2.45) is 0 Å². The summed E-state index contributed by atoms with van der Waals surface area (Å²) in [5.41, 5.74) is 1.82. The Bertz CT molecular complexity index is 1080. The van der Waals surface area contributed by atoms with Gasteiger partial charge in [0, 0.05) is 19.1 Å². The number of carbonyl (C=O) groups excluding carboxylic acids is 2. The summed E-state index contributed by atoms with van der Waals surface area (Å²) in [6, 6.07) is 15.3. The van der Waals surface area contributed by atoms with Crippen LogP contribution in [0.25, 0.3) is 0 Å². The molecule has 0 bridgehead atoms.